The molecule has 1 fully saturated rings. The first kappa shape index (κ1) is 11.4. The van der Waals surface area contributed by atoms with Crippen molar-refractivity contribution < 1.29 is 0 Å². The van der Waals surface area contributed by atoms with Crippen molar-refractivity contribution in [2.75, 3.05) is 38.1 Å². The van der Waals surface area contributed by atoms with E-state index >= 15 is 0 Å². The second kappa shape index (κ2) is 4.90. The Balaban J connectivity index is 1.98. The molecular formula is C14H18N4. The van der Waals surface area contributed by atoms with Gasteiger partial charge in [-0.05, 0) is 32.1 Å². The quantitative estimate of drug-likeness (QED) is 0.763. The second-order valence-electron chi connectivity index (χ2n) is 4.86. The van der Waals surface area contributed by atoms with Crippen molar-refractivity contribution in [1.29, 1.82) is 0 Å². The fourth-order valence-electron chi connectivity index (χ4n) is 2.50. The zero-order valence-corrected chi connectivity index (χ0v) is 10.7. The van der Waals surface area contributed by atoms with E-state index in [1.54, 1.807) is 6.33 Å². The third kappa shape index (κ3) is 2.16. The van der Waals surface area contributed by atoms with Crippen molar-refractivity contribution in [2.45, 2.75) is 6.42 Å². The summed E-state index contributed by atoms with van der Waals surface area (Å²) in [5.74, 6) is 1.08. The second-order valence-corrected chi connectivity index (χ2v) is 4.86. The summed E-state index contributed by atoms with van der Waals surface area (Å²) in [6.07, 6.45) is 2.86. The molecule has 1 aliphatic heterocycles. The highest BCUT2D eigenvalue weighted by molar-refractivity contribution is 5.89. The molecule has 4 heteroatoms. The van der Waals surface area contributed by atoms with E-state index in [0.717, 1.165) is 36.4 Å². The molecule has 0 bridgehead atoms. The maximum Gasteiger partial charge on any atom is 0.139 e. The van der Waals surface area contributed by atoms with E-state index in [-0.39, 0.29) is 0 Å². The highest BCUT2D eigenvalue weighted by atomic mass is 15.2. The molecule has 0 atom stereocenters. The number of hydrogen-bond donors (Lipinski definition) is 0. The van der Waals surface area contributed by atoms with Crippen molar-refractivity contribution in [3.8, 4) is 0 Å². The Labute approximate surface area is 107 Å². The minimum Gasteiger partial charge on any atom is -0.355 e. The zero-order valence-electron chi connectivity index (χ0n) is 10.7. The van der Waals surface area contributed by atoms with Crippen LogP contribution in [0.2, 0.25) is 0 Å². The first-order valence-corrected chi connectivity index (χ1v) is 6.48. The number of aromatic nitrogens is 2. The van der Waals surface area contributed by atoms with Crippen LogP contribution >= 0.6 is 0 Å². The SMILES string of the molecule is CN1CCCN(c2ncnc3ccccc23)CC1. The van der Waals surface area contributed by atoms with Crippen LogP contribution in [0.5, 0.6) is 0 Å². The molecule has 1 aromatic heterocycles. The van der Waals surface area contributed by atoms with E-state index in [0.29, 0.717) is 0 Å². The molecule has 2 aromatic rings. The van der Waals surface area contributed by atoms with Crippen molar-refractivity contribution in [3.05, 3.63) is 30.6 Å². The van der Waals surface area contributed by atoms with Gasteiger partial charge in [0.15, 0.2) is 0 Å². The summed E-state index contributed by atoms with van der Waals surface area (Å²) in [4.78, 5) is 13.6. The van der Waals surface area contributed by atoms with Crippen LogP contribution in [-0.4, -0.2) is 48.1 Å². The Morgan fingerprint density at radius 3 is 2.83 bits per heavy atom. The molecule has 0 radical (unpaired) electrons. The predicted octanol–water partition coefficient (Wildman–Crippen LogP) is 1.77. The van der Waals surface area contributed by atoms with Crippen LogP contribution in [-0.2, 0) is 0 Å². The van der Waals surface area contributed by atoms with Crippen molar-refractivity contribution in [2.24, 2.45) is 0 Å². The fraction of sp³-hybridized carbons (Fsp3) is 0.429. The van der Waals surface area contributed by atoms with Crippen LogP contribution in [0.1, 0.15) is 6.42 Å². The normalized spacial score (nSPS) is 17.9. The van der Waals surface area contributed by atoms with Crippen LogP contribution in [0.3, 0.4) is 0 Å². The molecule has 4 nitrogen and oxygen atoms in total. The first-order chi connectivity index (χ1) is 8.84. The summed E-state index contributed by atoms with van der Waals surface area (Å²) in [7, 11) is 2.18. The van der Waals surface area contributed by atoms with Crippen LogP contribution in [0.4, 0.5) is 5.82 Å². The number of fused-ring (bicyclic) bond motifs is 1. The third-order valence-corrected chi connectivity index (χ3v) is 3.54. The van der Waals surface area contributed by atoms with Crippen molar-refractivity contribution in [1.82, 2.24) is 14.9 Å². The van der Waals surface area contributed by atoms with Gasteiger partial charge in [-0.2, -0.15) is 0 Å². The topological polar surface area (TPSA) is 32.3 Å². The molecule has 1 saturated heterocycles. The van der Waals surface area contributed by atoms with Gasteiger partial charge in [-0.15, -0.1) is 0 Å². The lowest BCUT2D eigenvalue weighted by Crippen LogP contribution is -2.29. The molecule has 0 amide bonds. The Hall–Kier alpha value is -1.68. The summed E-state index contributed by atoms with van der Waals surface area (Å²) < 4.78 is 0. The van der Waals surface area contributed by atoms with E-state index in [4.69, 9.17) is 0 Å². The Bertz CT molecular complexity index is 535. The van der Waals surface area contributed by atoms with Gasteiger partial charge in [0.05, 0.1) is 5.52 Å². The van der Waals surface area contributed by atoms with E-state index in [1.807, 2.05) is 12.1 Å². The number of hydrogen-bond acceptors (Lipinski definition) is 4. The molecule has 1 aromatic carbocycles. The Morgan fingerprint density at radius 2 is 1.89 bits per heavy atom. The smallest absolute Gasteiger partial charge is 0.139 e. The highest BCUT2D eigenvalue weighted by Crippen LogP contribution is 2.23. The molecule has 0 saturated carbocycles. The molecule has 3 rings (SSSR count). The van der Waals surface area contributed by atoms with Crippen LogP contribution in [0.25, 0.3) is 10.9 Å². The standard InChI is InChI=1S/C14H18N4/c1-17-7-4-8-18(10-9-17)14-12-5-2-3-6-13(12)15-11-16-14/h2-3,5-6,11H,4,7-10H2,1H3. The largest absolute Gasteiger partial charge is 0.355 e. The minimum absolute atomic E-state index is 1.03. The van der Waals surface area contributed by atoms with Gasteiger partial charge in [-0.3, -0.25) is 0 Å². The summed E-state index contributed by atoms with van der Waals surface area (Å²) in [6.45, 7) is 4.38. The molecule has 18 heavy (non-hydrogen) atoms. The van der Waals surface area contributed by atoms with Gasteiger partial charge in [-0.1, -0.05) is 12.1 Å². The van der Waals surface area contributed by atoms with Gasteiger partial charge in [0.1, 0.15) is 12.1 Å². The van der Waals surface area contributed by atoms with Gasteiger partial charge >= 0.3 is 0 Å². The van der Waals surface area contributed by atoms with Gasteiger partial charge in [-0.25, -0.2) is 9.97 Å². The van der Waals surface area contributed by atoms with Crippen LogP contribution < -0.4 is 4.90 Å². The number of nitrogens with zero attached hydrogens (tertiary/aromatic N) is 4. The lowest BCUT2D eigenvalue weighted by atomic mass is 10.2. The van der Waals surface area contributed by atoms with Gasteiger partial charge in [0, 0.05) is 25.0 Å². The maximum atomic E-state index is 4.49. The summed E-state index contributed by atoms with van der Waals surface area (Å²) >= 11 is 0. The van der Waals surface area contributed by atoms with Gasteiger partial charge < -0.3 is 9.80 Å². The molecule has 1 aliphatic rings. The van der Waals surface area contributed by atoms with E-state index in [9.17, 15) is 0 Å². The Morgan fingerprint density at radius 1 is 1.00 bits per heavy atom. The number of rotatable bonds is 1. The summed E-state index contributed by atoms with van der Waals surface area (Å²) in [5.41, 5.74) is 1.03. The lowest BCUT2D eigenvalue weighted by Gasteiger charge is -2.22. The number of para-hydroxylation sites is 1. The number of likely N-dealkylation sites (N-methyl/N-ethyl adjacent to an activating group) is 1. The van der Waals surface area contributed by atoms with Crippen molar-refractivity contribution >= 4 is 16.7 Å². The zero-order chi connectivity index (χ0) is 12.4. The predicted molar refractivity (Wildman–Crippen MR) is 73.9 cm³/mol. The monoisotopic (exact) mass is 242 g/mol. The summed E-state index contributed by atoms with van der Waals surface area (Å²) in [6, 6.07) is 8.23. The molecule has 2 heterocycles. The molecule has 0 N–H and O–H groups in total. The molecule has 0 aliphatic carbocycles. The first-order valence-electron chi connectivity index (χ1n) is 6.48. The fourth-order valence-corrected chi connectivity index (χ4v) is 2.50. The van der Waals surface area contributed by atoms with Crippen molar-refractivity contribution in [3.63, 3.8) is 0 Å². The summed E-state index contributed by atoms with van der Waals surface area (Å²) in [5, 5.41) is 1.16. The van der Waals surface area contributed by atoms with Gasteiger partial charge in [0.25, 0.3) is 0 Å². The van der Waals surface area contributed by atoms with Crippen LogP contribution in [0, 0.1) is 0 Å². The Kier molecular flexibility index (Phi) is 3.11. The molecule has 94 valence electrons. The van der Waals surface area contributed by atoms with E-state index in [1.165, 1.54) is 13.0 Å². The minimum atomic E-state index is 1.03. The lowest BCUT2D eigenvalue weighted by molar-refractivity contribution is 0.360. The van der Waals surface area contributed by atoms with Crippen LogP contribution in [0.15, 0.2) is 30.6 Å². The maximum absolute atomic E-state index is 4.49. The number of anilines is 1. The third-order valence-electron chi connectivity index (χ3n) is 3.54. The number of benzene rings is 1. The van der Waals surface area contributed by atoms with E-state index < -0.39 is 0 Å². The molecule has 0 unspecified atom stereocenters. The average Bonchev–Trinajstić information content (AvgIpc) is 2.63. The molecule has 0 spiro atoms. The van der Waals surface area contributed by atoms with E-state index in [2.05, 4.69) is 38.9 Å². The average molecular weight is 242 g/mol. The highest BCUT2D eigenvalue weighted by Gasteiger charge is 2.15. The molecular weight excluding hydrogens is 224 g/mol. The van der Waals surface area contributed by atoms with Gasteiger partial charge in [0.2, 0.25) is 0 Å².